The third-order valence-corrected chi connectivity index (χ3v) is 4.90. The van der Waals surface area contributed by atoms with Crippen molar-refractivity contribution in [2.75, 3.05) is 39.2 Å². The first-order valence-electron chi connectivity index (χ1n) is 9.72. The minimum atomic E-state index is -2.96. The highest BCUT2D eigenvalue weighted by atomic mass is 35.5. The van der Waals surface area contributed by atoms with Gasteiger partial charge in [0.25, 0.3) is 5.92 Å². The number of benzene rings is 1. The highest BCUT2D eigenvalue weighted by molar-refractivity contribution is 6.30. The predicted octanol–water partition coefficient (Wildman–Crippen LogP) is 3.01. The largest absolute Gasteiger partial charge is 0.382 e. The zero-order valence-corrected chi connectivity index (χ0v) is 18.5. The summed E-state index contributed by atoms with van der Waals surface area (Å²) in [5, 5.41) is 5.68. The van der Waals surface area contributed by atoms with Crippen molar-refractivity contribution in [3.05, 3.63) is 58.7 Å². The van der Waals surface area contributed by atoms with Gasteiger partial charge in [0.15, 0.2) is 0 Å². The van der Waals surface area contributed by atoms with Gasteiger partial charge in [0.2, 0.25) is 0 Å². The zero-order valence-electron chi connectivity index (χ0n) is 17.7. The van der Waals surface area contributed by atoms with Gasteiger partial charge in [-0.05, 0) is 35.4 Å². The fourth-order valence-corrected chi connectivity index (χ4v) is 3.24. The standard InChI is InChI=1S/C13H18F2N4O2.C8H8ClNO/c1-16-11-5-9(3-4-17-11)10(6-21-2)19-8-13(14,15)7-18-12(19)20;9-7-3-1-2-6(4-7)8(10)5-11/h3-5,10H,6-8H2,1-2H3,(H,16,17)(H,18,20);1-5,8H,10H2/t;8-/m.1/s1. The predicted molar refractivity (Wildman–Crippen MR) is 118 cm³/mol. The van der Waals surface area contributed by atoms with Crippen molar-refractivity contribution in [1.29, 1.82) is 0 Å². The average molecular weight is 470 g/mol. The number of halogens is 3. The van der Waals surface area contributed by atoms with E-state index in [1.165, 1.54) is 7.11 Å². The molecule has 2 heterocycles. The van der Waals surface area contributed by atoms with Crippen LogP contribution in [0.4, 0.5) is 19.4 Å². The maximum atomic E-state index is 13.6. The monoisotopic (exact) mass is 469 g/mol. The van der Waals surface area contributed by atoms with Crippen molar-refractivity contribution in [3.8, 4) is 0 Å². The first kappa shape index (κ1) is 25.4. The van der Waals surface area contributed by atoms with Crippen LogP contribution in [-0.4, -0.2) is 62.0 Å². The third-order valence-electron chi connectivity index (χ3n) is 4.67. The number of methoxy groups -OCH3 is 1. The molecule has 3 rings (SSSR count). The van der Waals surface area contributed by atoms with E-state index in [1.807, 2.05) is 0 Å². The van der Waals surface area contributed by atoms with E-state index in [9.17, 15) is 18.4 Å². The molecular weight excluding hydrogens is 444 g/mol. The zero-order chi connectivity index (χ0) is 23.7. The lowest BCUT2D eigenvalue weighted by Crippen LogP contribution is -2.58. The Bertz CT molecular complexity index is 919. The molecule has 2 atom stereocenters. The van der Waals surface area contributed by atoms with E-state index < -0.39 is 37.1 Å². The molecule has 1 aromatic heterocycles. The molecule has 1 unspecified atom stereocenters. The molecule has 1 aromatic carbocycles. The number of anilines is 1. The molecule has 1 fully saturated rings. The quantitative estimate of drug-likeness (QED) is 0.538. The summed E-state index contributed by atoms with van der Waals surface area (Å²) in [7, 11) is 3.17. The van der Waals surface area contributed by atoms with Crippen LogP contribution < -0.4 is 16.4 Å². The molecule has 0 radical (unpaired) electrons. The van der Waals surface area contributed by atoms with Gasteiger partial charge in [-0.15, -0.1) is 0 Å². The van der Waals surface area contributed by atoms with E-state index in [2.05, 4.69) is 15.6 Å². The number of alkyl halides is 2. The van der Waals surface area contributed by atoms with Crippen LogP contribution in [-0.2, 0) is 9.53 Å². The average Bonchev–Trinajstić information content (AvgIpc) is 2.79. The van der Waals surface area contributed by atoms with Gasteiger partial charge in [-0.3, -0.25) is 0 Å². The molecule has 32 heavy (non-hydrogen) atoms. The number of hydrogen-bond acceptors (Lipinski definition) is 6. The summed E-state index contributed by atoms with van der Waals surface area (Å²) >= 11 is 5.67. The fourth-order valence-electron chi connectivity index (χ4n) is 3.04. The van der Waals surface area contributed by atoms with Crippen molar-refractivity contribution < 1.29 is 23.1 Å². The SMILES string of the molecule is CNc1cc(C(COC)N2CC(F)(F)CNC2=O)ccn1.N[C@H](C=O)c1cccc(Cl)c1. The van der Waals surface area contributed by atoms with E-state index >= 15 is 0 Å². The van der Waals surface area contributed by atoms with Crippen LogP contribution in [0.1, 0.15) is 23.2 Å². The normalized spacial score (nSPS) is 16.8. The third kappa shape index (κ3) is 7.11. The van der Waals surface area contributed by atoms with Crippen LogP contribution >= 0.6 is 11.6 Å². The van der Waals surface area contributed by atoms with Gasteiger partial charge < -0.3 is 30.8 Å². The van der Waals surface area contributed by atoms with Gasteiger partial charge in [-0.2, -0.15) is 0 Å². The number of nitrogens with zero attached hydrogens (tertiary/aromatic N) is 2. The maximum absolute atomic E-state index is 13.6. The van der Waals surface area contributed by atoms with Crippen molar-refractivity contribution in [2.45, 2.75) is 18.0 Å². The summed E-state index contributed by atoms with van der Waals surface area (Å²) in [6.07, 6.45) is 2.25. The Balaban J connectivity index is 0.000000278. The molecule has 2 amide bonds. The summed E-state index contributed by atoms with van der Waals surface area (Å²) in [6, 6.07) is 8.67. The van der Waals surface area contributed by atoms with Gasteiger partial charge in [0.05, 0.1) is 31.8 Å². The summed E-state index contributed by atoms with van der Waals surface area (Å²) < 4.78 is 32.2. The fraction of sp³-hybridized carbons (Fsp3) is 0.381. The molecular formula is C21H26ClF2N5O3. The second-order valence-corrected chi connectivity index (χ2v) is 7.49. The maximum Gasteiger partial charge on any atom is 0.318 e. The molecule has 4 N–H and O–H groups in total. The van der Waals surface area contributed by atoms with E-state index in [0.717, 1.165) is 10.5 Å². The van der Waals surface area contributed by atoms with Crippen LogP contribution in [0.15, 0.2) is 42.6 Å². The molecule has 1 aliphatic rings. The number of urea groups is 1. The van der Waals surface area contributed by atoms with Crippen molar-refractivity contribution in [2.24, 2.45) is 5.73 Å². The minimum absolute atomic E-state index is 0.122. The van der Waals surface area contributed by atoms with Crippen LogP contribution in [0, 0.1) is 0 Å². The van der Waals surface area contributed by atoms with Gasteiger partial charge in [0, 0.05) is 25.4 Å². The number of hydrogen-bond donors (Lipinski definition) is 3. The van der Waals surface area contributed by atoms with Crippen molar-refractivity contribution in [3.63, 3.8) is 0 Å². The lowest BCUT2D eigenvalue weighted by molar-refractivity contribution is -0.109. The molecule has 1 aliphatic heterocycles. The molecule has 0 bridgehead atoms. The van der Waals surface area contributed by atoms with Crippen molar-refractivity contribution >= 4 is 29.7 Å². The van der Waals surface area contributed by atoms with E-state index in [0.29, 0.717) is 22.7 Å². The molecule has 8 nitrogen and oxygen atoms in total. The van der Waals surface area contributed by atoms with E-state index in [4.69, 9.17) is 22.1 Å². The first-order valence-corrected chi connectivity index (χ1v) is 10.1. The number of carbonyl (C=O) groups excluding carboxylic acids is 2. The number of ether oxygens (including phenoxy) is 1. The lowest BCUT2D eigenvalue weighted by atomic mass is 10.1. The number of aromatic nitrogens is 1. The number of aldehydes is 1. The lowest BCUT2D eigenvalue weighted by Gasteiger charge is -2.38. The van der Waals surface area contributed by atoms with E-state index in [-0.39, 0.29) is 6.61 Å². The minimum Gasteiger partial charge on any atom is -0.382 e. The Hall–Kier alpha value is -2.82. The van der Waals surface area contributed by atoms with Gasteiger partial charge in [-0.25, -0.2) is 18.6 Å². The van der Waals surface area contributed by atoms with Crippen LogP contribution in [0.5, 0.6) is 0 Å². The van der Waals surface area contributed by atoms with Crippen molar-refractivity contribution in [1.82, 2.24) is 15.2 Å². The van der Waals surface area contributed by atoms with Crippen LogP contribution in [0.3, 0.4) is 0 Å². The Labute approximate surface area is 190 Å². The summed E-state index contributed by atoms with van der Waals surface area (Å²) in [4.78, 5) is 27.3. The molecule has 0 saturated carbocycles. The number of carbonyl (C=O) groups is 2. The number of nitrogens with one attached hydrogen (secondary N) is 2. The van der Waals surface area contributed by atoms with Crippen LogP contribution in [0.2, 0.25) is 5.02 Å². The molecule has 0 aliphatic carbocycles. The molecule has 2 aromatic rings. The second-order valence-electron chi connectivity index (χ2n) is 7.05. The van der Waals surface area contributed by atoms with Gasteiger partial charge in [-0.1, -0.05) is 23.7 Å². The summed E-state index contributed by atoms with van der Waals surface area (Å²) in [5.41, 5.74) is 6.86. The van der Waals surface area contributed by atoms with E-state index in [1.54, 1.807) is 49.6 Å². The number of rotatable bonds is 7. The summed E-state index contributed by atoms with van der Waals surface area (Å²) in [5.74, 6) is -2.36. The summed E-state index contributed by atoms with van der Waals surface area (Å²) in [6.45, 7) is -1.15. The number of amides is 2. The molecule has 1 saturated heterocycles. The Morgan fingerprint density at radius 2 is 2.12 bits per heavy atom. The topological polar surface area (TPSA) is 110 Å². The number of nitrogens with two attached hydrogens (primary N) is 1. The second kappa shape index (κ2) is 11.7. The highest BCUT2D eigenvalue weighted by Crippen LogP contribution is 2.28. The molecule has 174 valence electrons. The molecule has 11 heteroatoms. The van der Waals surface area contributed by atoms with Crippen LogP contribution in [0.25, 0.3) is 0 Å². The van der Waals surface area contributed by atoms with Gasteiger partial charge in [0.1, 0.15) is 12.1 Å². The Morgan fingerprint density at radius 3 is 2.75 bits per heavy atom. The number of pyridine rings is 1. The Morgan fingerprint density at radius 1 is 1.38 bits per heavy atom. The van der Waals surface area contributed by atoms with Gasteiger partial charge >= 0.3 is 6.03 Å². The smallest absolute Gasteiger partial charge is 0.318 e. The first-order chi connectivity index (χ1) is 15.2. The Kier molecular flexibility index (Phi) is 9.30. The molecule has 0 spiro atoms. The highest BCUT2D eigenvalue weighted by Gasteiger charge is 2.42.